The van der Waals surface area contributed by atoms with E-state index >= 15 is 0 Å². The van der Waals surface area contributed by atoms with Crippen LogP contribution in [-0.2, 0) is 7.05 Å². The molecule has 2 unspecified atom stereocenters. The Morgan fingerprint density at radius 3 is 3.17 bits per heavy atom. The maximum Gasteiger partial charge on any atom is 0.242 e. The first-order valence-electron chi connectivity index (χ1n) is 6.42. The highest BCUT2D eigenvalue weighted by Gasteiger charge is 2.28. The van der Waals surface area contributed by atoms with E-state index in [1.165, 1.54) is 6.42 Å². The maximum absolute atomic E-state index is 6.04. The molecule has 1 fully saturated rings. The van der Waals surface area contributed by atoms with Gasteiger partial charge in [0.25, 0.3) is 0 Å². The average Bonchev–Trinajstić information content (AvgIpc) is 2.98. The molecule has 18 heavy (non-hydrogen) atoms. The standard InChI is InChI=1S/C13H18N4O/c1-17-8-16-12-10(17)5-6-15-13(12)18-11-4-2-3-9(11)7-14/h5-6,8-9,11H,2-4,7,14H2,1H3. The molecule has 0 aliphatic heterocycles. The first kappa shape index (κ1) is 11.5. The van der Waals surface area contributed by atoms with Gasteiger partial charge in [0.05, 0.1) is 11.8 Å². The minimum atomic E-state index is 0.190. The number of nitrogens with zero attached hydrogens (tertiary/aromatic N) is 3. The third-order valence-corrected chi connectivity index (χ3v) is 3.76. The molecule has 3 rings (SSSR count). The lowest BCUT2D eigenvalue weighted by molar-refractivity contribution is 0.157. The van der Waals surface area contributed by atoms with Crippen molar-refractivity contribution >= 4 is 11.0 Å². The summed E-state index contributed by atoms with van der Waals surface area (Å²) in [5.74, 6) is 1.09. The summed E-state index contributed by atoms with van der Waals surface area (Å²) in [5, 5.41) is 0. The fourth-order valence-corrected chi connectivity index (χ4v) is 2.69. The molecule has 0 spiro atoms. The van der Waals surface area contributed by atoms with Crippen LogP contribution >= 0.6 is 0 Å². The Morgan fingerprint density at radius 1 is 1.44 bits per heavy atom. The average molecular weight is 246 g/mol. The fraction of sp³-hybridized carbons (Fsp3) is 0.538. The Kier molecular flexibility index (Phi) is 2.91. The van der Waals surface area contributed by atoms with Crippen molar-refractivity contribution in [2.45, 2.75) is 25.4 Å². The van der Waals surface area contributed by atoms with Crippen LogP contribution in [0.3, 0.4) is 0 Å². The van der Waals surface area contributed by atoms with Gasteiger partial charge in [-0.3, -0.25) is 0 Å². The summed E-state index contributed by atoms with van der Waals surface area (Å²) in [6.45, 7) is 0.683. The van der Waals surface area contributed by atoms with Gasteiger partial charge in [-0.15, -0.1) is 0 Å². The highest BCUT2D eigenvalue weighted by molar-refractivity contribution is 5.79. The molecule has 2 N–H and O–H groups in total. The molecular formula is C13H18N4O. The van der Waals surface area contributed by atoms with Crippen LogP contribution in [0, 0.1) is 5.92 Å². The second-order valence-electron chi connectivity index (χ2n) is 4.92. The molecule has 2 heterocycles. The largest absolute Gasteiger partial charge is 0.472 e. The molecule has 2 aromatic heterocycles. The van der Waals surface area contributed by atoms with E-state index in [0.29, 0.717) is 18.3 Å². The molecule has 1 aliphatic rings. The van der Waals surface area contributed by atoms with Crippen molar-refractivity contribution in [2.75, 3.05) is 6.54 Å². The molecule has 1 saturated carbocycles. The topological polar surface area (TPSA) is 66.0 Å². The fourth-order valence-electron chi connectivity index (χ4n) is 2.69. The van der Waals surface area contributed by atoms with Crippen molar-refractivity contribution in [1.29, 1.82) is 0 Å². The van der Waals surface area contributed by atoms with E-state index in [1.54, 1.807) is 12.5 Å². The molecule has 0 bridgehead atoms. The Balaban J connectivity index is 1.90. The van der Waals surface area contributed by atoms with E-state index < -0.39 is 0 Å². The molecule has 0 saturated heterocycles. The number of fused-ring (bicyclic) bond motifs is 1. The van der Waals surface area contributed by atoms with Crippen LogP contribution in [-0.4, -0.2) is 27.2 Å². The third-order valence-electron chi connectivity index (χ3n) is 3.76. The van der Waals surface area contributed by atoms with Crippen molar-refractivity contribution in [2.24, 2.45) is 18.7 Å². The second kappa shape index (κ2) is 4.57. The number of ether oxygens (including phenoxy) is 1. The van der Waals surface area contributed by atoms with E-state index in [1.807, 2.05) is 17.7 Å². The van der Waals surface area contributed by atoms with Gasteiger partial charge in [0.15, 0.2) is 5.52 Å². The zero-order valence-corrected chi connectivity index (χ0v) is 10.5. The van der Waals surface area contributed by atoms with E-state index in [0.717, 1.165) is 23.9 Å². The van der Waals surface area contributed by atoms with Gasteiger partial charge >= 0.3 is 0 Å². The summed E-state index contributed by atoms with van der Waals surface area (Å²) in [6.07, 6.45) is 7.15. The number of hydrogen-bond donors (Lipinski definition) is 1. The Hall–Kier alpha value is -1.62. The lowest BCUT2D eigenvalue weighted by Crippen LogP contribution is -2.28. The van der Waals surface area contributed by atoms with Gasteiger partial charge in [0, 0.05) is 19.2 Å². The Bertz CT molecular complexity index is 551. The zero-order valence-electron chi connectivity index (χ0n) is 10.5. The molecule has 5 heteroatoms. The van der Waals surface area contributed by atoms with Gasteiger partial charge in [-0.25, -0.2) is 9.97 Å². The predicted molar refractivity (Wildman–Crippen MR) is 69.3 cm³/mol. The minimum absolute atomic E-state index is 0.190. The van der Waals surface area contributed by atoms with E-state index in [-0.39, 0.29) is 6.10 Å². The SMILES string of the molecule is Cn1cnc2c(OC3CCCC3CN)nccc21. The monoisotopic (exact) mass is 246 g/mol. The van der Waals surface area contributed by atoms with Crippen molar-refractivity contribution in [3.63, 3.8) is 0 Å². The lowest BCUT2D eigenvalue weighted by atomic mass is 10.1. The number of imidazole rings is 1. The van der Waals surface area contributed by atoms with Crippen LogP contribution in [0.1, 0.15) is 19.3 Å². The predicted octanol–water partition coefficient (Wildman–Crippen LogP) is 1.47. The van der Waals surface area contributed by atoms with E-state index in [9.17, 15) is 0 Å². The normalized spacial score (nSPS) is 23.7. The number of aromatic nitrogens is 3. The molecule has 1 aliphatic carbocycles. The molecule has 2 atom stereocenters. The van der Waals surface area contributed by atoms with Crippen LogP contribution in [0.25, 0.3) is 11.0 Å². The smallest absolute Gasteiger partial charge is 0.242 e. The first-order chi connectivity index (χ1) is 8.79. The highest BCUT2D eigenvalue weighted by atomic mass is 16.5. The van der Waals surface area contributed by atoms with E-state index in [2.05, 4.69) is 9.97 Å². The number of nitrogens with two attached hydrogens (primary N) is 1. The van der Waals surface area contributed by atoms with Gasteiger partial charge in [0.1, 0.15) is 6.10 Å². The molecule has 0 amide bonds. The van der Waals surface area contributed by atoms with Crippen LogP contribution in [0.4, 0.5) is 0 Å². The number of aryl methyl sites for hydroxylation is 1. The zero-order chi connectivity index (χ0) is 12.5. The van der Waals surface area contributed by atoms with Crippen molar-refractivity contribution in [1.82, 2.24) is 14.5 Å². The van der Waals surface area contributed by atoms with Gasteiger partial charge in [0.2, 0.25) is 5.88 Å². The summed E-state index contributed by atoms with van der Waals surface area (Å²) in [7, 11) is 1.97. The van der Waals surface area contributed by atoms with Crippen LogP contribution in [0.5, 0.6) is 5.88 Å². The summed E-state index contributed by atoms with van der Waals surface area (Å²) >= 11 is 0. The maximum atomic E-state index is 6.04. The van der Waals surface area contributed by atoms with Crippen LogP contribution in [0.2, 0.25) is 0 Å². The molecule has 0 aromatic carbocycles. The Morgan fingerprint density at radius 2 is 2.33 bits per heavy atom. The number of rotatable bonds is 3. The van der Waals surface area contributed by atoms with Crippen molar-refractivity contribution < 1.29 is 4.74 Å². The van der Waals surface area contributed by atoms with Gasteiger partial charge in [-0.2, -0.15) is 0 Å². The molecule has 2 aromatic rings. The molecular weight excluding hydrogens is 228 g/mol. The Labute approximate surface area is 106 Å². The summed E-state index contributed by atoms with van der Waals surface area (Å²) in [6, 6.07) is 1.95. The highest BCUT2D eigenvalue weighted by Crippen LogP contribution is 2.30. The third kappa shape index (κ3) is 1.84. The quantitative estimate of drug-likeness (QED) is 0.890. The molecule has 0 radical (unpaired) electrons. The summed E-state index contributed by atoms with van der Waals surface area (Å²) in [4.78, 5) is 8.67. The lowest BCUT2D eigenvalue weighted by Gasteiger charge is -2.19. The second-order valence-corrected chi connectivity index (χ2v) is 4.92. The minimum Gasteiger partial charge on any atom is -0.472 e. The van der Waals surface area contributed by atoms with Crippen molar-refractivity contribution in [3.8, 4) is 5.88 Å². The van der Waals surface area contributed by atoms with Crippen LogP contribution in [0.15, 0.2) is 18.6 Å². The first-order valence-corrected chi connectivity index (χ1v) is 6.42. The number of hydrogen-bond acceptors (Lipinski definition) is 4. The summed E-state index contributed by atoms with van der Waals surface area (Å²) < 4.78 is 8.01. The number of pyridine rings is 1. The van der Waals surface area contributed by atoms with E-state index in [4.69, 9.17) is 10.5 Å². The van der Waals surface area contributed by atoms with Gasteiger partial charge in [-0.1, -0.05) is 0 Å². The molecule has 5 nitrogen and oxygen atoms in total. The summed E-state index contributed by atoms with van der Waals surface area (Å²) in [5.41, 5.74) is 7.65. The van der Waals surface area contributed by atoms with Crippen LogP contribution < -0.4 is 10.5 Å². The van der Waals surface area contributed by atoms with Gasteiger partial charge in [-0.05, 0) is 31.9 Å². The van der Waals surface area contributed by atoms with Gasteiger partial charge < -0.3 is 15.0 Å². The van der Waals surface area contributed by atoms with Crippen molar-refractivity contribution in [3.05, 3.63) is 18.6 Å². The molecule has 96 valence electrons.